The van der Waals surface area contributed by atoms with Gasteiger partial charge in [-0.05, 0) is 112 Å². The number of hydrogen-bond donors (Lipinski definition) is 5. The van der Waals surface area contributed by atoms with Crippen molar-refractivity contribution in [3.05, 3.63) is 113 Å². The van der Waals surface area contributed by atoms with Gasteiger partial charge in [0.2, 0.25) is 5.91 Å². The highest BCUT2D eigenvalue weighted by Gasteiger charge is 2.24. The maximum Gasteiger partial charge on any atom is 0.339 e. The minimum absolute atomic E-state index is 0.00834. The molecule has 2 aliphatic rings. The summed E-state index contributed by atoms with van der Waals surface area (Å²) in [5.41, 5.74) is 5.03. The molecule has 4 amide bonds. The second-order valence-corrected chi connectivity index (χ2v) is 18.4. The molecule has 2 fully saturated rings. The molecule has 64 heavy (non-hydrogen) atoms. The summed E-state index contributed by atoms with van der Waals surface area (Å²) in [5.74, 6) is -0.728. The summed E-state index contributed by atoms with van der Waals surface area (Å²) in [6, 6.07) is 18.7. The van der Waals surface area contributed by atoms with Crippen LogP contribution in [0.5, 0.6) is 5.75 Å². The van der Waals surface area contributed by atoms with E-state index in [9.17, 15) is 32.7 Å². The molecular formula is C48H63N7O8S. The number of hydrogen-bond acceptors (Lipinski definition) is 10. The van der Waals surface area contributed by atoms with Gasteiger partial charge in [-0.1, -0.05) is 69.5 Å². The molecule has 1 atom stereocenters. The van der Waals surface area contributed by atoms with Crippen molar-refractivity contribution in [2.75, 3.05) is 31.1 Å². The standard InChI is InChI=1S/C27H36N2O4.C21H27N5O4S/c1-4-33-25-17-20(12-13-22(25)27(31)32)18-26(30)28-23(16-19(2)3)21-10-6-7-11-24(21)29-14-8-5-9-15-29;1-15-13-24-19(14-23-15)20(27)22-12-11-16-7-9-18(10-8-16)31(29,30)26-21(28)25-17-5-3-2-4-6-17/h6-7,10-13,17,19,23H,4-5,8-9,14-16,18H2,1-3H3,(H,28,30)(H,31,32);7-10,13-14,17H,2-6,11-12H2,1H3,(H,22,27)(H2,25,26,28)/t23-;/m0./s1. The van der Waals surface area contributed by atoms with E-state index in [1.165, 1.54) is 55.5 Å². The number of aromatic nitrogens is 2. The molecule has 16 heteroatoms. The largest absolute Gasteiger partial charge is 0.493 e. The van der Waals surface area contributed by atoms with Crippen LogP contribution in [0.25, 0.3) is 0 Å². The molecular weight excluding hydrogens is 835 g/mol. The fraction of sp³-hybridized carbons (Fsp3) is 0.458. The number of nitrogens with zero attached hydrogens (tertiary/aromatic N) is 3. The third kappa shape index (κ3) is 15.1. The topological polar surface area (TPSA) is 209 Å². The molecule has 0 bridgehead atoms. The van der Waals surface area contributed by atoms with E-state index in [1.54, 1.807) is 38.1 Å². The van der Waals surface area contributed by atoms with E-state index in [0.717, 1.165) is 74.0 Å². The Hall–Kier alpha value is -6.03. The van der Waals surface area contributed by atoms with Crippen LogP contribution in [-0.2, 0) is 27.7 Å². The first kappa shape index (κ1) is 49.0. The Morgan fingerprint density at radius 3 is 2.22 bits per heavy atom. The summed E-state index contributed by atoms with van der Waals surface area (Å²) in [6.45, 7) is 10.8. The monoisotopic (exact) mass is 897 g/mol. The van der Waals surface area contributed by atoms with Crippen LogP contribution in [0.3, 0.4) is 0 Å². The molecule has 344 valence electrons. The quantitative estimate of drug-likeness (QED) is 0.0711. The van der Waals surface area contributed by atoms with Crippen molar-refractivity contribution in [3.63, 3.8) is 0 Å². The summed E-state index contributed by atoms with van der Waals surface area (Å²) >= 11 is 0. The predicted octanol–water partition coefficient (Wildman–Crippen LogP) is 7.30. The molecule has 1 aliphatic heterocycles. The summed E-state index contributed by atoms with van der Waals surface area (Å²) in [6.07, 6.45) is 13.1. The number of para-hydroxylation sites is 1. The van der Waals surface area contributed by atoms with Crippen LogP contribution in [0.2, 0.25) is 0 Å². The Labute approximate surface area is 377 Å². The molecule has 0 radical (unpaired) electrons. The third-order valence-electron chi connectivity index (χ3n) is 11.1. The lowest BCUT2D eigenvalue weighted by Crippen LogP contribution is -2.45. The number of rotatable bonds is 17. The highest BCUT2D eigenvalue weighted by Crippen LogP contribution is 2.32. The highest BCUT2D eigenvalue weighted by atomic mass is 32.2. The molecule has 1 aromatic heterocycles. The van der Waals surface area contributed by atoms with Crippen LogP contribution in [-0.4, -0.2) is 79.6 Å². The van der Waals surface area contributed by atoms with Crippen molar-refractivity contribution >= 4 is 39.5 Å². The van der Waals surface area contributed by atoms with Crippen molar-refractivity contribution in [3.8, 4) is 5.75 Å². The number of sulfonamides is 1. The number of nitrogens with one attached hydrogen (secondary N) is 4. The second kappa shape index (κ2) is 24.1. The average Bonchev–Trinajstić information content (AvgIpc) is 3.27. The SMILES string of the molecule is CCOc1cc(CC(=O)N[C@@H](CC(C)C)c2ccccc2N2CCCCC2)ccc1C(=O)O.Cc1cnc(C(=O)NCCc2ccc(S(=O)(=O)NC(=O)NC3CCCCC3)cc2)cn1. The van der Waals surface area contributed by atoms with Crippen molar-refractivity contribution in [1.29, 1.82) is 0 Å². The number of carboxylic acid groups (broad SMARTS) is 1. The van der Waals surface area contributed by atoms with Crippen LogP contribution < -0.4 is 30.3 Å². The first-order chi connectivity index (χ1) is 30.7. The van der Waals surface area contributed by atoms with Crippen LogP contribution in [0.4, 0.5) is 10.5 Å². The molecule has 1 saturated heterocycles. The Balaban J connectivity index is 0.000000241. The second-order valence-electron chi connectivity index (χ2n) is 16.7. The number of carbonyl (C=O) groups excluding carboxylic acids is 3. The Morgan fingerprint density at radius 1 is 0.875 bits per heavy atom. The number of anilines is 1. The summed E-state index contributed by atoms with van der Waals surface area (Å²) < 4.78 is 32.4. The molecule has 0 spiro atoms. The maximum atomic E-state index is 13.1. The number of ether oxygens (including phenoxy) is 1. The Morgan fingerprint density at radius 2 is 1.56 bits per heavy atom. The highest BCUT2D eigenvalue weighted by molar-refractivity contribution is 7.90. The number of piperidine rings is 1. The number of aromatic carboxylic acids is 1. The maximum absolute atomic E-state index is 13.1. The summed E-state index contributed by atoms with van der Waals surface area (Å²) in [4.78, 5) is 59.1. The first-order valence-corrected chi connectivity index (χ1v) is 23.8. The average molecular weight is 898 g/mol. The fourth-order valence-electron chi connectivity index (χ4n) is 7.90. The number of aryl methyl sites for hydroxylation is 1. The van der Waals surface area contributed by atoms with Gasteiger partial charge < -0.3 is 30.7 Å². The normalized spacial score (nSPS) is 14.7. The smallest absolute Gasteiger partial charge is 0.339 e. The summed E-state index contributed by atoms with van der Waals surface area (Å²) in [7, 11) is -3.95. The number of benzene rings is 3. The molecule has 4 aromatic rings. The molecule has 1 saturated carbocycles. The minimum Gasteiger partial charge on any atom is -0.493 e. The predicted molar refractivity (Wildman–Crippen MR) is 246 cm³/mol. The minimum atomic E-state index is -3.95. The van der Waals surface area contributed by atoms with Gasteiger partial charge in [-0.15, -0.1) is 0 Å². The van der Waals surface area contributed by atoms with Crippen LogP contribution in [0.15, 0.2) is 84.0 Å². The van der Waals surface area contributed by atoms with Gasteiger partial charge in [0.15, 0.2) is 0 Å². The van der Waals surface area contributed by atoms with E-state index in [-0.39, 0.29) is 46.5 Å². The number of urea groups is 1. The lowest BCUT2D eigenvalue weighted by molar-refractivity contribution is -0.121. The molecule has 6 rings (SSSR count). The van der Waals surface area contributed by atoms with Crippen molar-refractivity contribution in [2.24, 2.45) is 5.92 Å². The van der Waals surface area contributed by atoms with Crippen LogP contribution in [0, 0.1) is 12.8 Å². The zero-order valence-electron chi connectivity index (χ0n) is 37.4. The van der Waals surface area contributed by atoms with E-state index in [1.807, 2.05) is 6.07 Å². The van der Waals surface area contributed by atoms with E-state index >= 15 is 0 Å². The van der Waals surface area contributed by atoms with E-state index in [2.05, 4.69) is 67.6 Å². The van der Waals surface area contributed by atoms with Crippen LogP contribution in [0.1, 0.15) is 128 Å². The van der Waals surface area contributed by atoms with Gasteiger partial charge in [-0.25, -0.2) is 27.7 Å². The van der Waals surface area contributed by atoms with Crippen LogP contribution >= 0.6 is 0 Å². The summed E-state index contributed by atoms with van der Waals surface area (Å²) in [5, 5.41) is 18.1. The molecule has 2 heterocycles. The van der Waals surface area contributed by atoms with Crippen molar-refractivity contribution in [2.45, 2.75) is 115 Å². The molecule has 15 nitrogen and oxygen atoms in total. The van der Waals surface area contributed by atoms with Gasteiger partial charge in [-0.3, -0.25) is 14.6 Å². The fourth-order valence-corrected chi connectivity index (χ4v) is 8.81. The molecule has 0 unspecified atom stereocenters. The Kier molecular flexibility index (Phi) is 18.5. The molecule has 1 aliphatic carbocycles. The van der Waals surface area contributed by atoms with Crippen molar-refractivity contribution < 1.29 is 37.4 Å². The molecule has 5 N–H and O–H groups in total. The first-order valence-electron chi connectivity index (χ1n) is 22.3. The number of carboxylic acids is 1. The lowest BCUT2D eigenvalue weighted by atomic mass is 9.94. The van der Waals surface area contributed by atoms with Gasteiger partial charge in [0.1, 0.15) is 17.0 Å². The number of amides is 4. The van der Waals surface area contributed by atoms with E-state index in [4.69, 9.17) is 4.74 Å². The van der Waals surface area contributed by atoms with Gasteiger partial charge >= 0.3 is 12.0 Å². The zero-order valence-corrected chi connectivity index (χ0v) is 38.2. The van der Waals surface area contributed by atoms with Crippen molar-refractivity contribution in [1.82, 2.24) is 30.6 Å². The third-order valence-corrected chi connectivity index (χ3v) is 12.5. The van der Waals surface area contributed by atoms with E-state index in [0.29, 0.717) is 31.2 Å². The zero-order chi connectivity index (χ0) is 46.1. The number of carbonyl (C=O) groups is 4. The Bertz CT molecular complexity index is 2280. The lowest BCUT2D eigenvalue weighted by Gasteiger charge is -2.33. The van der Waals surface area contributed by atoms with Gasteiger partial charge in [-0.2, -0.15) is 0 Å². The van der Waals surface area contributed by atoms with Gasteiger partial charge in [0, 0.05) is 37.6 Å². The van der Waals surface area contributed by atoms with Gasteiger partial charge in [0.25, 0.3) is 15.9 Å². The van der Waals surface area contributed by atoms with E-state index < -0.39 is 22.0 Å². The molecule has 3 aromatic carbocycles. The van der Waals surface area contributed by atoms with Gasteiger partial charge in [0.05, 0.1) is 35.9 Å².